The molecule has 0 saturated heterocycles. The summed E-state index contributed by atoms with van der Waals surface area (Å²) in [6.07, 6.45) is 1.56. The molecule has 9 heteroatoms. The lowest BCUT2D eigenvalue weighted by Crippen LogP contribution is -2.27. The quantitative estimate of drug-likeness (QED) is 0.584. The van der Waals surface area contributed by atoms with Crippen molar-refractivity contribution in [3.05, 3.63) is 82.6 Å². The van der Waals surface area contributed by atoms with Gasteiger partial charge in [-0.25, -0.2) is 8.42 Å². The Kier molecular flexibility index (Phi) is 5.48. The van der Waals surface area contributed by atoms with E-state index in [1.54, 1.807) is 24.3 Å². The molecule has 166 valence electrons. The number of halogens is 1. The van der Waals surface area contributed by atoms with Crippen LogP contribution in [0.5, 0.6) is 0 Å². The van der Waals surface area contributed by atoms with Crippen LogP contribution >= 0.6 is 11.6 Å². The van der Waals surface area contributed by atoms with Crippen LogP contribution in [0.25, 0.3) is 0 Å². The normalized spacial score (nSPS) is 16.2. The first-order valence-electron chi connectivity index (χ1n) is 9.88. The minimum absolute atomic E-state index is 0.0549. The SMILES string of the molecule is CC(C)(C)c1ccc(S(=O)(=O)Nc2ccc(Cl)c3c2C(O)N(c2ccncc2)C3=O)cc1. The van der Waals surface area contributed by atoms with Gasteiger partial charge < -0.3 is 5.11 Å². The van der Waals surface area contributed by atoms with Gasteiger partial charge in [0.1, 0.15) is 0 Å². The van der Waals surface area contributed by atoms with Gasteiger partial charge in [-0.3, -0.25) is 19.4 Å². The number of nitrogens with zero attached hydrogens (tertiary/aromatic N) is 2. The fourth-order valence-electron chi connectivity index (χ4n) is 3.63. The number of aliphatic hydroxyl groups is 1. The number of sulfonamides is 1. The summed E-state index contributed by atoms with van der Waals surface area (Å²) in [6.45, 7) is 6.12. The molecule has 0 bridgehead atoms. The number of amides is 1. The zero-order valence-electron chi connectivity index (χ0n) is 17.7. The maximum absolute atomic E-state index is 13.1. The third kappa shape index (κ3) is 3.85. The second kappa shape index (κ2) is 7.88. The molecule has 7 nitrogen and oxygen atoms in total. The predicted octanol–water partition coefficient (Wildman–Crippen LogP) is 4.48. The third-order valence-electron chi connectivity index (χ3n) is 5.35. The van der Waals surface area contributed by atoms with E-state index < -0.39 is 22.2 Å². The van der Waals surface area contributed by atoms with E-state index in [2.05, 4.69) is 9.71 Å². The van der Waals surface area contributed by atoms with Gasteiger partial charge in [0.15, 0.2) is 6.23 Å². The number of carbonyl (C=O) groups is 1. The summed E-state index contributed by atoms with van der Waals surface area (Å²) in [6, 6.07) is 12.6. The van der Waals surface area contributed by atoms with Gasteiger partial charge in [0, 0.05) is 18.0 Å². The molecular weight excluding hydrogens is 450 g/mol. The van der Waals surface area contributed by atoms with Gasteiger partial charge in [0.2, 0.25) is 0 Å². The molecule has 1 aliphatic rings. The van der Waals surface area contributed by atoms with Crippen LogP contribution in [0.3, 0.4) is 0 Å². The summed E-state index contributed by atoms with van der Waals surface area (Å²) in [5.74, 6) is -0.528. The van der Waals surface area contributed by atoms with Crippen molar-refractivity contribution in [3.63, 3.8) is 0 Å². The van der Waals surface area contributed by atoms with Crippen LogP contribution in [0.15, 0.2) is 65.8 Å². The largest absolute Gasteiger partial charge is 0.369 e. The lowest BCUT2D eigenvalue weighted by atomic mass is 9.87. The molecule has 0 spiro atoms. The van der Waals surface area contributed by atoms with Crippen LogP contribution in [0, 0.1) is 0 Å². The monoisotopic (exact) mass is 471 g/mol. The molecule has 2 N–H and O–H groups in total. The number of aromatic nitrogens is 1. The summed E-state index contributed by atoms with van der Waals surface area (Å²) in [5.41, 5.74) is 1.54. The van der Waals surface area contributed by atoms with E-state index in [0.717, 1.165) is 10.5 Å². The Bertz CT molecular complexity index is 1290. The smallest absolute Gasteiger partial charge is 0.262 e. The van der Waals surface area contributed by atoms with Gasteiger partial charge in [-0.1, -0.05) is 44.5 Å². The van der Waals surface area contributed by atoms with Crippen LogP contribution in [-0.4, -0.2) is 24.4 Å². The van der Waals surface area contributed by atoms with E-state index >= 15 is 0 Å². The standard InChI is InChI=1S/C23H22ClN3O4S/c1-23(2,3)14-4-6-16(7-5-14)32(30,31)26-18-9-8-17(24)19-20(18)22(29)27(21(19)28)15-10-12-25-13-11-15/h4-13,22,26,29H,1-3H3. The van der Waals surface area contributed by atoms with Crippen LogP contribution in [-0.2, 0) is 15.4 Å². The first-order valence-corrected chi connectivity index (χ1v) is 11.7. The number of benzene rings is 2. The second-order valence-corrected chi connectivity index (χ2v) is 10.6. The Morgan fingerprint density at radius 1 is 1.03 bits per heavy atom. The average Bonchev–Trinajstić information content (AvgIpc) is 3.01. The van der Waals surface area contributed by atoms with Crippen molar-refractivity contribution >= 4 is 38.9 Å². The summed E-state index contributed by atoms with van der Waals surface area (Å²) >= 11 is 6.25. The van der Waals surface area contributed by atoms with Crippen LogP contribution in [0.4, 0.5) is 11.4 Å². The van der Waals surface area contributed by atoms with Crippen LogP contribution in [0.2, 0.25) is 5.02 Å². The van der Waals surface area contributed by atoms with Crippen LogP contribution in [0.1, 0.15) is 48.5 Å². The lowest BCUT2D eigenvalue weighted by Gasteiger charge is -2.22. The summed E-state index contributed by atoms with van der Waals surface area (Å²) < 4.78 is 28.6. The number of nitrogens with one attached hydrogen (secondary N) is 1. The molecule has 1 atom stereocenters. The molecule has 0 radical (unpaired) electrons. The molecule has 1 unspecified atom stereocenters. The molecule has 4 rings (SSSR count). The van der Waals surface area contributed by atoms with Gasteiger partial charge in [-0.05, 0) is 47.4 Å². The Labute approximate surface area is 191 Å². The summed E-state index contributed by atoms with van der Waals surface area (Å²) in [4.78, 5) is 18.2. The van der Waals surface area contributed by atoms with Crippen molar-refractivity contribution in [1.82, 2.24) is 4.98 Å². The number of hydrogen-bond acceptors (Lipinski definition) is 5. The first-order chi connectivity index (χ1) is 15.0. The molecule has 0 fully saturated rings. The average molecular weight is 472 g/mol. The molecule has 3 aromatic rings. The van der Waals surface area contributed by atoms with Crippen molar-refractivity contribution in [3.8, 4) is 0 Å². The Morgan fingerprint density at radius 2 is 1.66 bits per heavy atom. The number of aliphatic hydroxyl groups excluding tert-OH is 1. The highest BCUT2D eigenvalue weighted by Gasteiger charge is 2.41. The van der Waals surface area contributed by atoms with Crippen molar-refractivity contribution < 1.29 is 18.3 Å². The molecule has 2 aromatic carbocycles. The summed E-state index contributed by atoms with van der Waals surface area (Å²) in [5, 5.41) is 11.1. The number of carbonyl (C=O) groups excluding carboxylic acids is 1. The summed E-state index contributed by atoms with van der Waals surface area (Å²) in [7, 11) is -3.98. The molecule has 1 aromatic heterocycles. The molecule has 2 heterocycles. The fourth-order valence-corrected chi connectivity index (χ4v) is 4.95. The van der Waals surface area contributed by atoms with E-state index in [0.29, 0.717) is 5.69 Å². The van der Waals surface area contributed by atoms with Gasteiger partial charge in [-0.15, -0.1) is 0 Å². The number of pyridine rings is 1. The number of hydrogen-bond donors (Lipinski definition) is 2. The number of rotatable bonds is 4. The van der Waals surface area contributed by atoms with E-state index in [1.807, 2.05) is 20.8 Å². The number of fused-ring (bicyclic) bond motifs is 1. The molecule has 32 heavy (non-hydrogen) atoms. The molecule has 1 amide bonds. The Hall–Kier alpha value is -2.94. The maximum atomic E-state index is 13.1. The predicted molar refractivity (Wildman–Crippen MR) is 123 cm³/mol. The van der Waals surface area contributed by atoms with Crippen LogP contribution < -0.4 is 9.62 Å². The van der Waals surface area contributed by atoms with Gasteiger partial charge in [0.25, 0.3) is 15.9 Å². The van der Waals surface area contributed by atoms with Crippen molar-refractivity contribution in [2.45, 2.75) is 37.3 Å². The zero-order chi connectivity index (χ0) is 23.3. The molecule has 0 aliphatic carbocycles. The van der Waals surface area contributed by atoms with Crippen molar-refractivity contribution in [1.29, 1.82) is 0 Å². The third-order valence-corrected chi connectivity index (χ3v) is 7.04. The first kappa shape index (κ1) is 22.3. The minimum Gasteiger partial charge on any atom is -0.369 e. The highest BCUT2D eigenvalue weighted by atomic mass is 35.5. The maximum Gasteiger partial charge on any atom is 0.262 e. The topological polar surface area (TPSA) is 99.6 Å². The second-order valence-electron chi connectivity index (χ2n) is 8.52. The minimum atomic E-state index is -3.98. The molecule has 1 aliphatic heterocycles. The molecular formula is C23H22ClN3O4S. The van der Waals surface area contributed by atoms with E-state index in [-0.39, 0.29) is 32.1 Å². The lowest BCUT2D eigenvalue weighted by molar-refractivity contribution is 0.0935. The van der Waals surface area contributed by atoms with Gasteiger partial charge >= 0.3 is 0 Å². The molecule has 0 saturated carbocycles. The zero-order valence-corrected chi connectivity index (χ0v) is 19.3. The van der Waals surface area contributed by atoms with E-state index in [1.165, 1.54) is 36.7 Å². The van der Waals surface area contributed by atoms with Crippen molar-refractivity contribution in [2.75, 3.05) is 9.62 Å². The van der Waals surface area contributed by atoms with E-state index in [9.17, 15) is 18.3 Å². The van der Waals surface area contributed by atoms with Gasteiger partial charge in [0.05, 0.1) is 26.9 Å². The Morgan fingerprint density at radius 3 is 2.25 bits per heavy atom. The number of anilines is 2. The highest BCUT2D eigenvalue weighted by molar-refractivity contribution is 7.92. The highest BCUT2D eigenvalue weighted by Crippen LogP contribution is 2.43. The Balaban J connectivity index is 1.73. The fraction of sp³-hybridized carbons (Fsp3) is 0.217. The van der Waals surface area contributed by atoms with Gasteiger partial charge in [-0.2, -0.15) is 0 Å². The van der Waals surface area contributed by atoms with Crippen molar-refractivity contribution in [2.24, 2.45) is 0 Å². The van der Waals surface area contributed by atoms with E-state index in [4.69, 9.17) is 11.6 Å².